The minimum absolute atomic E-state index is 0.0567. The van der Waals surface area contributed by atoms with E-state index in [1.165, 1.54) is 0 Å². The van der Waals surface area contributed by atoms with Crippen LogP contribution in [0.15, 0.2) is 94.4 Å². The second kappa shape index (κ2) is 8.53. The summed E-state index contributed by atoms with van der Waals surface area (Å²) >= 11 is 0. The normalized spacial score (nSPS) is 25.1. The molecule has 7 heteroatoms. The fourth-order valence-electron chi connectivity index (χ4n) is 5.33. The Morgan fingerprint density at radius 3 is 2.66 bits per heavy atom. The first-order valence-electron chi connectivity index (χ1n) is 12.1. The predicted molar refractivity (Wildman–Crippen MR) is 142 cm³/mol. The lowest BCUT2D eigenvalue weighted by Crippen LogP contribution is -2.53. The SMILES string of the molecule is CN(C)CC1CC(C2=C3C=NC=C[N+]3(N)C(c3ccc4ccc(Nc5ccccc5)nc4c3)=N2)C1. The van der Waals surface area contributed by atoms with Crippen molar-refractivity contribution in [3.63, 3.8) is 0 Å². The maximum Gasteiger partial charge on any atom is 0.264 e. The molecule has 35 heavy (non-hydrogen) atoms. The van der Waals surface area contributed by atoms with E-state index >= 15 is 0 Å². The maximum absolute atomic E-state index is 6.97. The van der Waals surface area contributed by atoms with Crippen LogP contribution in [-0.4, -0.2) is 47.2 Å². The van der Waals surface area contributed by atoms with Crippen molar-refractivity contribution in [2.24, 2.45) is 27.7 Å². The van der Waals surface area contributed by atoms with Crippen LogP contribution in [0.1, 0.15) is 18.4 Å². The molecule has 0 bridgehead atoms. The number of fused-ring (bicyclic) bond motifs is 2. The van der Waals surface area contributed by atoms with Crippen molar-refractivity contribution >= 4 is 34.5 Å². The highest BCUT2D eigenvalue weighted by Crippen LogP contribution is 2.45. The van der Waals surface area contributed by atoms with Crippen molar-refractivity contribution in [1.29, 1.82) is 0 Å². The molecule has 3 aromatic rings. The van der Waals surface area contributed by atoms with E-state index in [0.717, 1.165) is 64.6 Å². The lowest BCUT2D eigenvalue weighted by atomic mass is 9.72. The van der Waals surface area contributed by atoms with Crippen LogP contribution in [0.5, 0.6) is 0 Å². The molecule has 1 atom stereocenters. The molecule has 176 valence electrons. The molecule has 6 rings (SSSR count). The summed E-state index contributed by atoms with van der Waals surface area (Å²) in [4.78, 5) is 16.7. The average molecular weight is 465 g/mol. The Bertz CT molecular complexity index is 1400. The highest BCUT2D eigenvalue weighted by atomic mass is 15.6. The van der Waals surface area contributed by atoms with Crippen LogP contribution < -0.4 is 11.2 Å². The number of anilines is 2. The van der Waals surface area contributed by atoms with Crippen LogP contribution in [0, 0.1) is 11.8 Å². The zero-order chi connectivity index (χ0) is 24.0. The molecule has 0 radical (unpaired) electrons. The van der Waals surface area contributed by atoms with Gasteiger partial charge in [-0.1, -0.05) is 24.3 Å². The monoisotopic (exact) mass is 464 g/mol. The lowest BCUT2D eigenvalue weighted by molar-refractivity contribution is -0.750. The number of para-hydroxylation sites is 1. The van der Waals surface area contributed by atoms with Crippen LogP contribution in [0.2, 0.25) is 0 Å². The molecule has 2 aliphatic heterocycles. The molecule has 1 saturated carbocycles. The number of aliphatic imine (C=N–C) groups is 2. The van der Waals surface area contributed by atoms with Gasteiger partial charge in [-0.25, -0.2) is 4.98 Å². The third-order valence-corrected chi connectivity index (χ3v) is 7.06. The first-order chi connectivity index (χ1) is 17.0. The Kier molecular flexibility index (Phi) is 5.33. The number of nitrogens with zero attached hydrogens (tertiary/aromatic N) is 5. The minimum atomic E-state index is 0.0567. The number of nitrogens with two attached hydrogens (primary N) is 1. The highest BCUT2D eigenvalue weighted by Gasteiger charge is 2.48. The molecule has 0 saturated heterocycles. The van der Waals surface area contributed by atoms with Crippen molar-refractivity contribution in [2.45, 2.75) is 12.8 Å². The summed E-state index contributed by atoms with van der Waals surface area (Å²) in [5, 5.41) is 4.46. The van der Waals surface area contributed by atoms with Gasteiger partial charge in [-0.2, -0.15) is 10.8 Å². The molecule has 1 aliphatic carbocycles. The van der Waals surface area contributed by atoms with E-state index in [9.17, 15) is 0 Å². The fourth-order valence-corrected chi connectivity index (χ4v) is 5.33. The van der Waals surface area contributed by atoms with Crippen LogP contribution in [0.4, 0.5) is 11.5 Å². The van der Waals surface area contributed by atoms with Gasteiger partial charge < -0.3 is 10.2 Å². The van der Waals surface area contributed by atoms with Gasteiger partial charge in [0.15, 0.2) is 0 Å². The molecule has 3 heterocycles. The van der Waals surface area contributed by atoms with Gasteiger partial charge in [0.1, 0.15) is 17.7 Å². The van der Waals surface area contributed by atoms with Gasteiger partial charge >= 0.3 is 0 Å². The van der Waals surface area contributed by atoms with E-state index in [-0.39, 0.29) is 4.59 Å². The summed E-state index contributed by atoms with van der Waals surface area (Å²) in [7, 11) is 4.27. The molecule has 0 spiro atoms. The number of allylic oxidation sites excluding steroid dienone is 2. The molecule has 2 aromatic carbocycles. The molecule has 1 fully saturated rings. The Labute approximate surface area is 205 Å². The van der Waals surface area contributed by atoms with E-state index in [1.54, 1.807) is 6.20 Å². The smallest absolute Gasteiger partial charge is 0.264 e. The van der Waals surface area contributed by atoms with Crippen LogP contribution in [0.3, 0.4) is 0 Å². The summed E-state index contributed by atoms with van der Waals surface area (Å²) in [6.45, 7) is 1.11. The third kappa shape index (κ3) is 3.97. The minimum Gasteiger partial charge on any atom is -0.340 e. The summed E-state index contributed by atoms with van der Waals surface area (Å²) in [6, 6.07) is 20.4. The Hall–Kier alpha value is -3.65. The fraction of sp³-hybridized carbons (Fsp3) is 0.250. The number of quaternary nitrogens is 1. The topological polar surface area (TPSA) is 78.9 Å². The van der Waals surface area contributed by atoms with Crippen LogP contribution in [0.25, 0.3) is 10.9 Å². The van der Waals surface area contributed by atoms with Gasteiger partial charge in [0, 0.05) is 23.5 Å². The molecule has 0 amide bonds. The van der Waals surface area contributed by atoms with Crippen molar-refractivity contribution < 1.29 is 4.59 Å². The molecule has 3 aliphatic rings. The van der Waals surface area contributed by atoms with E-state index < -0.39 is 0 Å². The Balaban J connectivity index is 1.33. The summed E-state index contributed by atoms with van der Waals surface area (Å²) in [5.41, 5.74) is 4.94. The molecule has 1 unspecified atom stereocenters. The first kappa shape index (κ1) is 21.9. The summed E-state index contributed by atoms with van der Waals surface area (Å²) in [5.74, 6) is 9.72. The predicted octanol–water partition coefficient (Wildman–Crippen LogP) is 4.78. The van der Waals surface area contributed by atoms with Gasteiger partial charge in [-0.3, -0.25) is 4.99 Å². The largest absolute Gasteiger partial charge is 0.340 e. The van der Waals surface area contributed by atoms with Gasteiger partial charge in [-0.15, -0.1) is 4.59 Å². The zero-order valence-electron chi connectivity index (χ0n) is 20.1. The van der Waals surface area contributed by atoms with Gasteiger partial charge in [-0.05, 0) is 69.3 Å². The maximum atomic E-state index is 6.97. The molecule has 3 N–H and O–H groups in total. The molecular formula is C28H30N7+. The van der Waals surface area contributed by atoms with E-state index in [0.29, 0.717) is 11.8 Å². The second-order valence-corrected chi connectivity index (χ2v) is 9.95. The van der Waals surface area contributed by atoms with Crippen LogP contribution >= 0.6 is 0 Å². The van der Waals surface area contributed by atoms with Crippen LogP contribution in [-0.2, 0) is 0 Å². The number of hydrogen-bond donors (Lipinski definition) is 2. The lowest BCUT2D eigenvalue weighted by Gasteiger charge is -2.36. The van der Waals surface area contributed by atoms with Crippen molar-refractivity contribution in [1.82, 2.24) is 9.88 Å². The van der Waals surface area contributed by atoms with Crippen molar-refractivity contribution in [3.05, 3.63) is 90.0 Å². The van der Waals surface area contributed by atoms with E-state index in [4.69, 9.17) is 15.8 Å². The van der Waals surface area contributed by atoms with Crippen molar-refractivity contribution in [2.75, 3.05) is 26.0 Å². The number of rotatable bonds is 6. The number of nitrogens with one attached hydrogen (secondary N) is 1. The number of hydrogen-bond acceptors (Lipinski definition) is 6. The quantitative estimate of drug-likeness (QED) is 0.406. The Morgan fingerprint density at radius 1 is 1.06 bits per heavy atom. The van der Waals surface area contributed by atoms with Gasteiger partial charge in [0.2, 0.25) is 5.70 Å². The molecule has 1 aromatic heterocycles. The first-order valence-corrected chi connectivity index (χ1v) is 12.1. The number of aromatic nitrogens is 1. The number of amidine groups is 1. The van der Waals surface area contributed by atoms with Gasteiger partial charge in [0.05, 0.1) is 23.5 Å². The van der Waals surface area contributed by atoms with E-state index in [2.05, 4.69) is 53.6 Å². The second-order valence-electron chi connectivity index (χ2n) is 9.95. The van der Waals surface area contributed by atoms with Gasteiger partial charge in [0.25, 0.3) is 5.84 Å². The summed E-state index contributed by atoms with van der Waals surface area (Å²) in [6.07, 6.45) is 7.84. The molecule has 7 nitrogen and oxygen atoms in total. The standard InChI is InChI=1S/C28H30N7/c1-34(2)18-19-14-22(15-19)27-25-17-30-12-13-35(25,29)28(33-27)21-9-8-20-10-11-26(32-24(20)16-21)31-23-6-4-3-5-7-23/h3-13,16-17,19,22H,14-15,18,29H2,1-2H3,(H,31,32)/q+1. The number of benzene rings is 2. The highest BCUT2D eigenvalue weighted by molar-refractivity contribution is 6.02. The average Bonchev–Trinajstić information content (AvgIpc) is 3.14. The number of pyridine rings is 1. The third-order valence-electron chi connectivity index (χ3n) is 7.06. The van der Waals surface area contributed by atoms with Crippen molar-refractivity contribution in [3.8, 4) is 0 Å². The van der Waals surface area contributed by atoms with E-state index in [1.807, 2.05) is 48.8 Å². The zero-order valence-corrected chi connectivity index (χ0v) is 20.1. The Morgan fingerprint density at radius 2 is 1.86 bits per heavy atom. The summed E-state index contributed by atoms with van der Waals surface area (Å²) < 4.78 is 0.0567. The molecular weight excluding hydrogens is 434 g/mol.